The van der Waals surface area contributed by atoms with E-state index in [1.54, 1.807) is 18.2 Å². The van der Waals surface area contributed by atoms with Crippen molar-refractivity contribution in [3.05, 3.63) is 44.5 Å². The Morgan fingerprint density at radius 1 is 1.06 bits per heavy atom. The van der Waals surface area contributed by atoms with Crippen molar-refractivity contribution in [1.82, 2.24) is 4.98 Å². The molecule has 2 nitrogen and oxygen atoms in total. The third kappa shape index (κ3) is 2.52. The van der Waals surface area contributed by atoms with Gasteiger partial charge in [-0.15, -0.1) is 0 Å². The zero-order valence-corrected chi connectivity index (χ0v) is 12.2. The van der Waals surface area contributed by atoms with Gasteiger partial charge >= 0.3 is 0 Å². The Morgan fingerprint density at radius 2 is 1.72 bits per heavy atom. The van der Waals surface area contributed by atoms with Crippen LogP contribution in [0.2, 0.25) is 20.1 Å². The van der Waals surface area contributed by atoms with Crippen LogP contribution >= 0.6 is 46.4 Å². The highest BCUT2D eigenvalue weighted by Crippen LogP contribution is 2.42. The van der Waals surface area contributed by atoms with Crippen LogP contribution in [-0.4, -0.2) is 12.1 Å². The molecule has 0 aliphatic heterocycles. The summed E-state index contributed by atoms with van der Waals surface area (Å²) in [5, 5.41) is 1.65. The lowest BCUT2D eigenvalue weighted by Gasteiger charge is -2.12. The molecular weight excluding hydrogens is 316 g/mol. The molecule has 2 aromatic rings. The SMILES string of the molecule is COc1ncc(Cl)cc1-c1c(Cl)ccc(Cl)c1Cl. The highest BCUT2D eigenvalue weighted by molar-refractivity contribution is 6.46. The summed E-state index contributed by atoms with van der Waals surface area (Å²) in [4.78, 5) is 4.07. The van der Waals surface area contributed by atoms with Gasteiger partial charge in [-0.3, -0.25) is 0 Å². The van der Waals surface area contributed by atoms with Crippen molar-refractivity contribution in [3.8, 4) is 17.0 Å². The molecule has 2 rings (SSSR count). The lowest BCUT2D eigenvalue weighted by Crippen LogP contribution is -1.93. The Balaban J connectivity index is 2.76. The smallest absolute Gasteiger partial charge is 0.221 e. The Labute approximate surface area is 124 Å². The first kappa shape index (κ1) is 13.8. The van der Waals surface area contributed by atoms with Crippen molar-refractivity contribution in [2.45, 2.75) is 0 Å². The van der Waals surface area contributed by atoms with Gasteiger partial charge in [-0.05, 0) is 18.2 Å². The summed E-state index contributed by atoms with van der Waals surface area (Å²) < 4.78 is 5.17. The standard InChI is InChI=1S/C12H7Cl4NO/c1-18-12-7(4-6(13)5-17-12)10-8(14)2-3-9(15)11(10)16/h2-5H,1H3. The summed E-state index contributed by atoms with van der Waals surface area (Å²) in [6, 6.07) is 4.96. The van der Waals surface area contributed by atoms with E-state index < -0.39 is 0 Å². The Morgan fingerprint density at radius 3 is 2.39 bits per heavy atom. The van der Waals surface area contributed by atoms with E-state index in [2.05, 4.69) is 4.98 Å². The summed E-state index contributed by atoms with van der Waals surface area (Å²) >= 11 is 24.2. The molecule has 0 bridgehead atoms. The average Bonchev–Trinajstić information content (AvgIpc) is 2.35. The zero-order valence-electron chi connectivity index (χ0n) is 9.18. The van der Waals surface area contributed by atoms with Crippen LogP contribution in [0.4, 0.5) is 0 Å². The van der Waals surface area contributed by atoms with E-state index in [4.69, 9.17) is 51.1 Å². The van der Waals surface area contributed by atoms with Gasteiger partial charge in [0.15, 0.2) is 0 Å². The van der Waals surface area contributed by atoms with Gasteiger partial charge in [0.2, 0.25) is 5.88 Å². The van der Waals surface area contributed by atoms with Crippen molar-refractivity contribution >= 4 is 46.4 Å². The van der Waals surface area contributed by atoms with Crippen LogP contribution in [0.25, 0.3) is 11.1 Å². The summed E-state index contributed by atoms with van der Waals surface area (Å²) in [5.41, 5.74) is 1.15. The fraction of sp³-hybridized carbons (Fsp3) is 0.0833. The summed E-state index contributed by atoms with van der Waals surface area (Å²) in [7, 11) is 1.51. The molecule has 0 amide bonds. The molecular formula is C12H7Cl4NO. The number of hydrogen-bond donors (Lipinski definition) is 0. The van der Waals surface area contributed by atoms with Crippen molar-refractivity contribution in [1.29, 1.82) is 0 Å². The molecule has 1 aromatic heterocycles. The molecule has 1 heterocycles. The quantitative estimate of drug-likeness (QED) is 0.693. The van der Waals surface area contributed by atoms with Crippen molar-refractivity contribution < 1.29 is 4.74 Å². The summed E-state index contributed by atoms with van der Waals surface area (Å²) in [5.74, 6) is 0.380. The molecule has 0 atom stereocenters. The van der Waals surface area contributed by atoms with Gasteiger partial charge in [-0.1, -0.05) is 46.4 Å². The molecule has 6 heteroatoms. The minimum absolute atomic E-state index is 0.339. The first-order valence-corrected chi connectivity index (χ1v) is 6.39. The van der Waals surface area contributed by atoms with Crippen molar-refractivity contribution in [2.75, 3.05) is 7.11 Å². The molecule has 0 aliphatic rings. The van der Waals surface area contributed by atoms with E-state index >= 15 is 0 Å². The van der Waals surface area contributed by atoms with E-state index in [0.717, 1.165) is 0 Å². The molecule has 0 unspecified atom stereocenters. The molecule has 94 valence electrons. The third-order valence-corrected chi connectivity index (χ3v) is 3.65. The molecule has 0 aliphatic carbocycles. The molecule has 0 spiro atoms. The van der Waals surface area contributed by atoms with E-state index in [-0.39, 0.29) is 0 Å². The number of ether oxygens (including phenoxy) is 1. The second-order valence-corrected chi connectivity index (χ2v) is 5.06. The molecule has 18 heavy (non-hydrogen) atoms. The minimum atomic E-state index is 0.339. The van der Waals surface area contributed by atoms with Crippen LogP contribution in [0.15, 0.2) is 24.4 Å². The number of nitrogens with zero attached hydrogens (tertiary/aromatic N) is 1. The number of halogens is 4. The van der Waals surface area contributed by atoms with Crippen LogP contribution in [0.5, 0.6) is 5.88 Å². The fourth-order valence-corrected chi connectivity index (χ4v) is 2.43. The van der Waals surface area contributed by atoms with Gasteiger partial charge in [0.25, 0.3) is 0 Å². The summed E-state index contributed by atoms with van der Waals surface area (Å²) in [6.45, 7) is 0. The predicted molar refractivity (Wildman–Crippen MR) is 76.3 cm³/mol. The highest BCUT2D eigenvalue weighted by atomic mass is 35.5. The normalized spacial score (nSPS) is 10.5. The lowest BCUT2D eigenvalue weighted by molar-refractivity contribution is 0.399. The number of aromatic nitrogens is 1. The monoisotopic (exact) mass is 321 g/mol. The maximum absolute atomic E-state index is 6.17. The van der Waals surface area contributed by atoms with Gasteiger partial charge < -0.3 is 4.74 Å². The number of rotatable bonds is 2. The second-order valence-electron chi connectivity index (χ2n) is 3.43. The van der Waals surface area contributed by atoms with E-state index in [1.807, 2.05) is 0 Å². The molecule has 0 radical (unpaired) electrons. The zero-order chi connectivity index (χ0) is 13.3. The Bertz CT molecular complexity index is 601. The topological polar surface area (TPSA) is 22.1 Å². The Kier molecular flexibility index (Phi) is 4.23. The number of methoxy groups -OCH3 is 1. The Hall–Kier alpha value is -0.670. The molecule has 0 N–H and O–H groups in total. The van der Waals surface area contributed by atoms with Crippen LogP contribution in [0.3, 0.4) is 0 Å². The van der Waals surface area contributed by atoms with Crippen LogP contribution in [0, 0.1) is 0 Å². The van der Waals surface area contributed by atoms with Gasteiger partial charge in [-0.25, -0.2) is 4.98 Å². The van der Waals surface area contributed by atoms with Gasteiger partial charge in [-0.2, -0.15) is 0 Å². The van der Waals surface area contributed by atoms with Crippen molar-refractivity contribution in [3.63, 3.8) is 0 Å². The lowest BCUT2D eigenvalue weighted by atomic mass is 10.1. The predicted octanol–water partition coefficient (Wildman–Crippen LogP) is 5.37. The first-order valence-electron chi connectivity index (χ1n) is 4.88. The van der Waals surface area contributed by atoms with Crippen molar-refractivity contribution in [2.24, 2.45) is 0 Å². The van der Waals surface area contributed by atoms with Gasteiger partial charge in [0.1, 0.15) is 0 Å². The number of pyridine rings is 1. The maximum Gasteiger partial charge on any atom is 0.221 e. The van der Waals surface area contributed by atoms with E-state index in [9.17, 15) is 0 Å². The fourth-order valence-electron chi connectivity index (χ4n) is 1.54. The minimum Gasteiger partial charge on any atom is -0.481 e. The van der Waals surface area contributed by atoms with Crippen LogP contribution < -0.4 is 4.74 Å². The molecule has 0 saturated carbocycles. The van der Waals surface area contributed by atoms with Gasteiger partial charge in [0.05, 0.1) is 27.2 Å². The first-order chi connectivity index (χ1) is 8.54. The van der Waals surface area contributed by atoms with E-state index in [0.29, 0.717) is 37.1 Å². The third-order valence-electron chi connectivity index (χ3n) is 2.32. The summed E-state index contributed by atoms with van der Waals surface area (Å²) in [6.07, 6.45) is 1.48. The number of hydrogen-bond acceptors (Lipinski definition) is 2. The van der Waals surface area contributed by atoms with E-state index in [1.165, 1.54) is 13.3 Å². The number of benzene rings is 1. The van der Waals surface area contributed by atoms with Crippen LogP contribution in [-0.2, 0) is 0 Å². The largest absolute Gasteiger partial charge is 0.481 e. The molecule has 1 aromatic carbocycles. The second kappa shape index (κ2) is 5.54. The molecule has 0 fully saturated rings. The highest BCUT2D eigenvalue weighted by Gasteiger charge is 2.17. The van der Waals surface area contributed by atoms with Crippen LogP contribution in [0.1, 0.15) is 0 Å². The maximum atomic E-state index is 6.17. The molecule has 0 saturated heterocycles. The van der Waals surface area contributed by atoms with Gasteiger partial charge in [0, 0.05) is 17.3 Å². The average molecular weight is 323 g/mol.